The quantitative estimate of drug-likeness (QED) is 0.730. The average Bonchev–Trinajstić information content (AvgIpc) is 3.01. The van der Waals surface area contributed by atoms with Crippen LogP contribution in [0.25, 0.3) is 0 Å². The molecule has 28 heavy (non-hydrogen) atoms. The van der Waals surface area contributed by atoms with Crippen LogP contribution >= 0.6 is 11.8 Å². The Morgan fingerprint density at radius 1 is 1.18 bits per heavy atom. The molecule has 0 aliphatic carbocycles. The third kappa shape index (κ3) is 5.72. The first-order valence-corrected chi connectivity index (χ1v) is 10.9. The topological polar surface area (TPSA) is 81.8 Å². The van der Waals surface area contributed by atoms with Crippen molar-refractivity contribution in [1.29, 1.82) is 0 Å². The second kappa shape index (κ2) is 9.93. The minimum absolute atomic E-state index is 0.155. The first-order valence-electron chi connectivity index (χ1n) is 9.88. The van der Waals surface area contributed by atoms with Gasteiger partial charge in [0, 0.05) is 12.2 Å². The van der Waals surface area contributed by atoms with Gasteiger partial charge in [0.1, 0.15) is 0 Å². The number of rotatable bonds is 7. The van der Waals surface area contributed by atoms with Crippen LogP contribution in [0.2, 0.25) is 0 Å². The van der Waals surface area contributed by atoms with E-state index in [9.17, 15) is 14.4 Å². The number of benzene rings is 1. The van der Waals surface area contributed by atoms with Crippen LogP contribution in [0, 0.1) is 5.92 Å². The summed E-state index contributed by atoms with van der Waals surface area (Å²) in [4.78, 5) is 39.2. The molecule has 1 aromatic carbocycles. The molecule has 2 aliphatic heterocycles. The molecule has 152 valence electrons. The van der Waals surface area contributed by atoms with E-state index in [1.165, 1.54) is 11.3 Å². The van der Waals surface area contributed by atoms with Crippen LogP contribution in [0.4, 0.5) is 15.3 Å². The van der Waals surface area contributed by atoms with Gasteiger partial charge in [0.25, 0.3) is 5.24 Å². The van der Waals surface area contributed by atoms with Crippen molar-refractivity contribution in [3.8, 4) is 0 Å². The molecule has 2 N–H and O–H groups in total. The number of carbonyl (C=O) groups excluding carboxylic acids is 3. The number of carbonyl (C=O) groups is 3. The number of piperidine rings is 1. The molecule has 2 heterocycles. The van der Waals surface area contributed by atoms with Crippen molar-refractivity contribution in [2.75, 3.05) is 37.2 Å². The molecule has 2 saturated heterocycles. The predicted octanol–water partition coefficient (Wildman–Crippen LogP) is 3.13. The second-order valence-corrected chi connectivity index (χ2v) is 8.28. The molecule has 1 aromatic rings. The minimum atomic E-state index is -0.204. The van der Waals surface area contributed by atoms with Crippen LogP contribution < -0.4 is 10.6 Å². The molecule has 2 aliphatic rings. The molecule has 7 nitrogen and oxygen atoms in total. The van der Waals surface area contributed by atoms with Crippen molar-refractivity contribution in [2.24, 2.45) is 5.92 Å². The van der Waals surface area contributed by atoms with Gasteiger partial charge in [0.05, 0.1) is 12.3 Å². The van der Waals surface area contributed by atoms with Gasteiger partial charge in [-0.3, -0.25) is 14.5 Å². The average molecular weight is 405 g/mol. The van der Waals surface area contributed by atoms with Gasteiger partial charge in [-0.05, 0) is 62.5 Å². The van der Waals surface area contributed by atoms with Gasteiger partial charge in [-0.25, -0.2) is 4.79 Å². The van der Waals surface area contributed by atoms with Gasteiger partial charge in [-0.2, -0.15) is 0 Å². The van der Waals surface area contributed by atoms with Gasteiger partial charge in [-0.1, -0.05) is 30.8 Å². The predicted molar refractivity (Wildman–Crippen MR) is 111 cm³/mol. The SMILES string of the molecule is CCCN1CCC(CNC(=O)Nc2ccc(CN3C(=O)CSC3=O)cc2)CC1. The maximum absolute atomic E-state index is 12.1. The van der Waals surface area contributed by atoms with E-state index in [-0.39, 0.29) is 29.5 Å². The van der Waals surface area contributed by atoms with Crippen molar-refractivity contribution in [1.82, 2.24) is 15.1 Å². The first kappa shape index (κ1) is 20.7. The van der Waals surface area contributed by atoms with Gasteiger partial charge < -0.3 is 15.5 Å². The number of nitrogens with one attached hydrogen (secondary N) is 2. The van der Waals surface area contributed by atoms with E-state index in [1.54, 1.807) is 12.1 Å². The molecule has 0 aromatic heterocycles. The van der Waals surface area contributed by atoms with E-state index in [2.05, 4.69) is 22.5 Å². The minimum Gasteiger partial charge on any atom is -0.338 e. The Balaban J connectivity index is 1.40. The number of imide groups is 1. The van der Waals surface area contributed by atoms with Gasteiger partial charge in [0.2, 0.25) is 5.91 Å². The highest BCUT2D eigenvalue weighted by molar-refractivity contribution is 8.14. The van der Waals surface area contributed by atoms with E-state index >= 15 is 0 Å². The van der Waals surface area contributed by atoms with Gasteiger partial charge >= 0.3 is 6.03 Å². The Labute approximate surface area is 170 Å². The molecule has 8 heteroatoms. The Kier molecular flexibility index (Phi) is 7.33. The summed E-state index contributed by atoms with van der Waals surface area (Å²) >= 11 is 1.03. The summed E-state index contributed by atoms with van der Waals surface area (Å²) < 4.78 is 0. The number of urea groups is 1. The van der Waals surface area contributed by atoms with Crippen molar-refractivity contribution >= 4 is 34.6 Å². The van der Waals surface area contributed by atoms with E-state index in [1.807, 2.05) is 12.1 Å². The Morgan fingerprint density at radius 3 is 2.50 bits per heavy atom. The fraction of sp³-hybridized carbons (Fsp3) is 0.550. The lowest BCUT2D eigenvalue weighted by Crippen LogP contribution is -2.40. The zero-order valence-corrected chi connectivity index (χ0v) is 17.1. The Hall–Kier alpha value is -2.06. The van der Waals surface area contributed by atoms with Crippen LogP contribution in [-0.2, 0) is 11.3 Å². The summed E-state index contributed by atoms with van der Waals surface area (Å²) in [6.45, 7) is 6.56. The third-order valence-electron chi connectivity index (χ3n) is 5.19. The molecule has 0 saturated carbocycles. The van der Waals surface area contributed by atoms with Crippen LogP contribution in [0.3, 0.4) is 0 Å². The number of nitrogens with zero attached hydrogens (tertiary/aromatic N) is 2. The molecule has 0 atom stereocenters. The van der Waals surface area contributed by atoms with Gasteiger partial charge in [0.15, 0.2) is 0 Å². The number of hydrogen-bond acceptors (Lipinski definition) is 5. The number of thioether (sulfide) groups is 1. The molecular weight excluding hydrogens is 376 g/mol. The van der Waals surface area contributed by atoms with E-state index < -0.39 is 0 Å². The highest BCUT2D eigenvalue weighted by Gasteiger charge is 2.29. The molecule has 4 amide bonds. The number of anilines is 1. The van der Waals surface area contributed by atoms with Crippen LogP contribution in [-0.4, -0.2) is 58.9 Å². The monoisotopic (exact) mass is 404 g/mol. The standard InChI is InChI=1S/C20H28N4O3S/c1-2-9-23-10-7-15(8-11-23)12-21-19(26)22-17-5-3-16(4-6-17)13-24-18(25)14-28-20(24)27/h3-6,15H,2,7-14H2,1H3,(H2,21,22,26). The van der Waals surface area contributed by atoms with Crippen molar-refractivity contribution in [3.63, 3.8) is 0 Å². The smallest absolute Gasteiger partial charge is 0.319 e. The zero-order valence-electron chi connectivity index (χ0n) is 16.3. The fourth-order valence-corrected chi connectivity index (χ4v) is 4.28. The second-order valence-electron chi connectivity index (χ2n) is 7.35. The fourth-order valence-electron chi connectivity index (χ4n) is 3.55. The summed E-state index contributed by atoms with van der Waals surface area (Å²) in [7, 11) is 0. The number of likely N-dealkylation sites (tertiary alicyclic amines) is 1. The summed E-state index contributed by atoms with van der Waals surface area (Å²) in [6, 6.07) is 7.02. The summed E-state index contributed by atoms with van der Waals surface area (Å²) in [5.74, 6) is 0.600. The molecule has 0 radical (unpaired) electrons. The largest absolute Gasteiger partial charge is 0.338 e. The van der Waals surface area contributed by atoms with Crippen LogP contribution in [0.5, 0.6) is 0 Å². The molecule has 0 spiro atoms. The Bertz CT molecular complexity index is 686. The normalized spacial score (nSPS) is 18.5. The third-order valence-corrected chi connectivity index (χ3v) is 6.05. The molecular formula is C20H28N4O3S. The zero-order chi connectivity index (χ0) is 19.9. The van der Waals surface area contributed by atoms with Crippen LogP contribution in [0.1, 0.15) is 31.7 Å². The highest BCUT2D eigenvalue weighted by Crippen LogP contribution is 2.22. The van der Waals surface area contributed by atoms with E-state index in [0.29, 0.717) is 18.2 Å². The maximum Gasteiger partial charge on any atom is 0.319 e. The lowest BCUT2D eigenvalue weighted by molar-refractivity contribution is -0.125. The van der Waals surface area contributed by atoms with Crippen molar-refractivity contribution < 1.29 is 14.4 Å². The van der Waals surface area contributed by atoms with Gasteiger partial charge in [-0.15, -0.1) is 0 Å². The molecule has 0 unspecified atom stereocenters. The van der Waals surface area contributed by atoms with Crippen molar-refractivity contribution in [3.05, 3.63) is 29.8 Å². The van der Waals surface area contributed by atoms with E-state index in [4.69, 9.17) is 0 Å². The Morgan fingerprint density at radius 2 is 1.89 bits per heavy atom. The number of hydrogen-bond donors (Lipinski definition) is 2. The maximum atomic E-state index is 12.1. The molecule has 0 bridgehead atoms. The van der Waals surface area contributed by atoms with E-state index in [0.717, 1.165) is 49.8 Å². The molecule has 3 rings (SSSR count). The summed E-state index contributed by atoms with van der Waals surface area (Å²) in [5.41, 5.74) is 1.54. The first-order chi connectivity index (χ1) is 13.5. The number of amides is 4. The van der Waals surface area contributed by atoms with Crippen molar-refractivity contribution in [2.45, 2.75) is 32.7 Å². The lowest BCUT2D eigenvalue weighted by atomic mass is 9.97. The molecule has 2 fully saturated rings. The summed E-state index contributed by atoms with van der Waals surface area (Å²) in [5, 5.41) is 5.60. The summed E-state index contributed by atoms with van der Waals surface area (Å²) in [6.07, 6.45) is 3.44. The highest BCUT2D eigenvalue weighted by atomic mass is 32.2. The lowest BCUT2D eigenvalue weighted by Gasteiger charge is -2.31. The van der Waals surface area contributed by atoms with Crippen LogP contribution in [0.15, 0.2) is 24.3 Å².